The van der Waals surface area contributed by atoms with E-state index in [1.807, 2.05) is 31.2 Å². The zero-order chi connectivity index (χ0) is 22.9. The first-order valence-corrected chi connectivity index (χ1v) is 10.5. The molecular weight excluding hydrogens is 410 g/mol. The SMILES string of the molecule is COc1cc(C(=O)N2CCC3(CC2)N=C(c2ccc(C)cc2)C(=O)N3)cc(OC)c1OC. The lowest BCUT2D eigenvalue weighted by Gasteiger charge is -2.37. The van der Waals surface area contributed by atoms with Crippen molar-refractivity contribution in [3.05, 3.63) is 53.1 Å². The maximum Gasteiger partial charge on any atom is 0.272 e. The number of benzene rings is 2. The van der Waals surface area contributed by atoms with E-state index in [4.69, 9.17) is 19.2 Å². The van der Waals surface area contributed by atoms with Gasteiger partial charge in [-0.15, -0.1) is 0 Å². The number of ether oxygens (including phenoxy) is 3. The van der Waals surface area contributed by atoms with E-state index in [1.54, 1.807) is 17.0 Å². The van der Waals surface area contributed by atoms with Gasteiger partial charge in [0.25, 0.3) is 11.8 Å². The van der Waals surface area contributed by atoms with Crippen LogP contribution < -0.4 is 19.5 Å². The Morgan fingerprint density at radius 1 is 1.00 bits per heavy atom. The molecule has 2 aromatic carbocycles. The Kier molecular flexibility index (Phi) is 5.78. The van der Waals surface area contributed by atoms with Gasteiger partial charge in [0.1, 0.15) is 11.4 Å². The number of nitrogens with zero attached hydrogens (tertiary/aromatic N) is 2. The second-order valence-corrected chi connectivity index (χ2v) is 8.02. The van der Waals surface area contributed by atoms with Gasteiger partial charge in [-0.3, -0.25) is 14.6 Å². The van der Waals surface area contributed by atoms with Gasteiger partial charge in [-0.05, 0) is 19.1 Å². The number of hydrogen-bond donors (Lipinski definition) is 1. The summed E-state index contributed by atoms with van der Waals surface area (Å²) in [6.45, 7) is 2.95. The van der Waals surface area contributed by atoms with Crippen LogP contribution in [-0.2, 0) is 4.79 Å². The van der Waals surface area contributed by atoms with Gasteiger partial charge in [0.2, 0.25) is 5.75 Å². The van der Waals surface area contributed by atoms with Crippen LogP contribution in [0.2, 0.25) is 0 Å². The number of aliphatic imine (C=N–C) groups is 1. The first-order valence-electron chi connectivity index (χ1n) is 10.5. The molecule has 0 atom stereocenters. The smallest absolute Gasteiger partial charge is 0.272 e. The Hall–Kier alpha value is -3.55. The van der Waals surface area contributed by atoms with Crippen LogP contribution in [0, 0.1) is 6.92 Å². The van der Waals surface area contributed by atoms with Crippen molar-refractivity contribution in [2.75, 3.05) is 34.4 Å². The van der Waals surface area contributed by atoms with E-state index in [-0.39, 0.29) is 11.8 Å². The number of likely N-dealkylation sites (tertiary alicyclic amines) is 1. The summed E-state index contributed by atoms with van der Waals surface area (Å²) in [5.74, 6) is 0.998. The van der Waals surface area contributed by atoms with Gasteiger partial charge in [-0.1, -0.05) is 29.8 Å². The van der Waals surface area contributed by atoms with E-state index < -0.39 is 5.66 Å². The molecule has 0 aliphatic carbocycles. The van der Waals surface area contributed by atoms with Gasteiger partial charge >= 0.3 is 0 Å². The zero-order valence-corrected chi connectivity index (χ0v) is 18.7. The second kappa shape index (κ2) is 8.53. The minimum atomic E-state index is -0.663. The summed E-state index contributed by atoms with van der Waals surface area (Å²) in [5, 5.41) is 3.05. The summed E-state index contributed by atoms with van der Waals surface area (Å²) in [6, 6.07) is 11.1. The lowest BCUT2D eigenvalue weighted by molar-refractivity contribution is -0.115. The highest BCUT2D eigenvalue weighted by atomic mass is 16.5. The van der Waals surface area contributed by atoms with E-state index in [0.29, 0.717) is 54.5 Å². The molecule has 4 rings (SSSR count). The third kappa shape index (κ3) is 3.88. The maximum absolute atomic E-state index is 13.2. The van der Waals surface area contributed by atoms with Gasteiger partial charge < -0.3 is 24.4 Å². The van der Waals surface area contributed by atoms with Crippen molar-refractivity contribution >= 4 is 17.5 Å². The maximum atomic E-state index is 13.2. The predicted octanol–water partition coefficient (Wildman–Crippen LogP) is 2.57. The first-order chi connectivity index (χ1) is 15.4. The molecule has 0 saturated carbocycles. The van der Waals surface area contributed by atoms with Gasteiger partial charge in [-0.2, -0.15) is 0 Å². The number of hydrogen-bond acceptors (Lipinski definition) is 6. The minimum absolute atomic E-state index is 0.133. The summed E-state index contributed by atoms with van der Waals surface area (Å²) in [7, 11) is 4.55. The minimum Gasteiger partial charge on any atom is -0.493 e. The molecule has 0 unspecified atom stereocenters. The molecule has 8 heteroatoms. The normalized spacial score (nSPS) is 17.1. The van der Waals surface area contributed by atoms with Crippen LogP contribution in [0.1, 0.15) is 34.3 Å². The molecule has 168 valence electrons. The van der Waals surface area contributed by atoms with E-state index in [0.717, 1.165) is 11.1 Å². The summed E-state index contributed by atoms with van der Waals surface area (Å²) in [6.07, 6.45) is 1.09. The first kappa shape index (κ1) is 21.7. The molecule has 2 aromatic rings. The van der Waals surface area contributed by atoms with Crippen molar-refractivity contribution < 1.29 is 23.8 Å². The zero-order valence-electron chi connectivity index (χ0n) is 18.7. The molecule has 2 amide bonds. The summed E-state index contributed by atoms with van der Waals surface area (Å²) in [4.78, 5) is 32.3. The average molecular weight is 437 g/mol. The Morgan fingerprint density at radius 3 is 2.12 bits per heavy atom. The topological polar surface area (TPSA) is 89.5 Å². The molecule has 2 aliphatic heterocycles. The fraction of sp³-hybridized carbons (Fsp3) is 0.375. The monoisotopic (exact) mass is 437 g/mol. The van der Waals surface area contributed by atoms with Crippen LogP contribution >= 0.6 is 0 Å². The van der Waals surface area contributed by atoms with Crippen LogP contribution in [0.5, 0.6) is 17.2 Å². The van der Waals surface area contributed by atoms with Gasteiger partial charge in [0, 0.05) is 37.1 Å². The lowest BCUT2D eigenvalue weighted by atomic mass is 9.97. The van der Waals surface area contributed by atoms with Crippen molar-refractivity contribution in [2.24, 2.45) is 4.99 Å². The van der Waals surface area contributed by atoms with E-state index in [2.05, 4.69) is 5.32 Å². The van der Waals surface area contributed by atoms with Crippen LogP contribution in [0.15, 0.2) is 41.4 Å². The fourth-order valence-corrected chi connectivity index (χ4v) is 4.17. The number of nitrogens with one attached hydrogen (secondary N) is 1. The van der Waals surface area contributed by atoms with Crippen LogP contribution in [0.25, 0.3) is 0 Å². The van der Waals surface area contributed by atoms with Gasteiger partial charge in [-0.25, -0.2) is 0 Å². The van der Waals surface area contributed by atoms with Crippen molar-refractivity contribution in [2.45, 2.75) is 25.4 Å². The quantitative estimate of drug-likeness (QED) is 0.777. The molecular formula is C24H27N3O5. The van der Waals surface area contributed by atoms with Crippen molar-refractivity contribution in [3.63, 3.8) is 0 Å². The average Bonchev–Trinajstić information content (AvgIpc) is 3.13. The fourth-order valence-electron chi connectivity index (χ4n) is 4.17. The van der Waals surface area contributed by atoms with Crippen LogP contribution in [-0.4, -0.2) is 62.5 Å². The summed E-state index contributed by atoms with van der Waals surface area (Å²) < 4.78 is 16.1. The Bertz CT molecular complexity index is 1040. The molecule has 1 N–H and O–H groups in total. The number of methoxy groups -OCH3 is 3. The third-order valence-electron chi connectivity index (χ3n) is 6.00. The van der Waals surface area contributed by atoms with E-state index in [1.165, 1.54) is 21.3 Å². The highest BCUT2D eigenvalue weighted by Gasteiger charge is 2.43. The molecule has 1 fully saturated rings. The molecule has 2 aliphatic rings. The van der Waals surface area contributed by atoms with E-state index >= 15 is 0 Å². The third-order valence-corrected chi connectivity index (χ3v) is 6.00. The largest absolute Gasteiger partial charge is 0.493 e. The lowest BCUT2D eigenvalue weighted by Crippen LogP contribution is -2.52. The molecule has 1 spiro atoms. The van der Waals surface area contributed by atoms with E-state index in [9.17, 15) is 9.59 Å². The van der Waals surface area contributed by atoms with Crippen LogP contribution in [0.4, 0.5) is 0 Å². The molecule has 0 radical (unpaired) electrons. The Morgan fingerprint density at radius 2 is 1.59 bits per heavy atom. The number of carbonyl (C=O) groups excluding carboxylic acids is 2. The molecule has 8 nitrogen and oxygen atoms in total. The molecule has 32 heavy (non-hydrogen) atoms. The second-order valence-electron chi connectivity index (χ2n) is 8.02. The number of piperidine rings is 1. The number of rotatable bonds is 5. The molecule has 2 heterocycles. The molecule has 0 aromatic heterocycles. The van der Waals surface area contributed by atoms with Crippen molar-refractivity contribution in [3.8, 4) is 17.2 Å². The van der Waals surface area contributed by atoms with Gasteiger partial charge in [0.05, 0.1) is 21.3 Å². The number of carbonyl (C=O) groups is 2. The highest BCUT2D eigenvalue weighted by Crippen LogP contribution is 2.39. The van der Waals surface area contributed by atoms with Gasteiger partial charge in [0.15, 0.2) is 11.5 Å². The molecule has 1 saturated heterocycles. The van der Waals surface area contributed by atoms with Crippen LogP contribution in [0.3, 0.4) is 0 Å². The highest BCUT2D eigenvalue weighted by molar-refractivity contribution is 6.46. The standard InChI is InChI=1S/C24H27N3O5/c1-15-5-7-16(8-6-15)20-22(28)26-24(25-20)9-11-27(12-10-24)23(29)17-13-18(30-2)21(32-4)19(14-17)31-3/h5-8,13-14H,9-12H2,1-4H3,(H,26,28). The Labute approximate surface area is 187 Å². The number of aryl methyl sites for hydroxylation is 1. The summed E-state index contributed by atoms with van der Waals surface area (Å²) >= 11 is 0. The van der Waals surface area contributed by atoms with Crippen molar-refractivity contribution in [1.29, 1.82) is 0 Å². The van der Waals surface area contributed by atoms with Crippen molar-refractivity contribution in [1.82, 2.24) is 10.2 Å². The predicted molar refractivity (Wildman–Crippen MR) is 120 cm³/mol. The summed E-state index contributed by atoms with van der Waals surface area (Å²) in [5.41, 5.74) is 2.18. The number of amides is 2. The Balaban J connectivity index is 1.51. The molecule has 0 bridgehead atoms.